The normalized spacial score (nSPS) is 30.0. The number of fused-ring (bicyclic) bond motifs is 1. The van der Waals surface area contributed by atoms with Crippen molar-refractivity contribution in [3.05, 3.63) is 36.1 Å². The first-order valence-corrected chi connectivity index (χ1v) is 13.9. The minimum atomic E-state index is -1.61. The van der Waals surface area contributed by atoms with Crippen LogP contribution < -0.4 is 9.47 Å². The smallest absolute Gasteiger partial charge is 0.305 e. The van der Waals surface area contributed by atoms with Crippen molar-refractivity contribution in [2.24, 2.45) is 0 Å². The van der Waals surface area contributed by atoms with E-state index >= 15 is 0 Å². The van der Waals surface area contributed by atoms with Crippen molar-refractivity contribution in [2.75, 3.05) is 12.4 Å². The number of esters is 1. The summed E-state index contributed by atoms with van der Waals surface area (Å²) in [4.78, 5) is 12.1. The number of hydrogen-bond donors (Lipinski definition) is 4. The van der Waals surface area contributed by atoms with Crippen LogP contribution in [0, 0.1) is 0 Å². The average molecular weight is 527 g/mol. The summed E-state index contributed by atoms with van der Waals surface area (Å²) < 4.78 is 21.9. The van der Waals surface area contributed by atoms with Crippen molar-refractivity contribution in [3.8, 4) is 17.2 Å². The molecule has 35 heavy (non-hydrogen) atoms. The standard InChI is InChI=1S/C24H30O9S2/c1-13-6-7-14-10-18(16(25)11-17(14)31-13)32-24-23(29)22(28)21(27)19(33-24)12-30-20(26)5-3-2-4-15-8-9-34-35-15/h6-7,10-11,15,19,21-25,27-29H,1-5,8-9,12H2/t15-,19?,21?,22?,23?,24?/m1/s1. The van der Waals surface area contributed by atoms with Gasteiger partial charge in [0, 0.05) is 29.1 Å². The molecule has 3 aliphatic heterocycles. The van der Waals surface area contributed by atoms with Crippen LogP contribution in [0.3, 0.4) is 0 Å². The Morgan fingerprint density at radius 1 is 1.14 bits per heavy atom. The van der Waals surface area contributed by atoms with Gasteiger partial charge in [-0.05, 0) is 37.5 Å². The number of carbonyl (C=O) groups excluding carboxylic acids is 1. The summed E-state index contributed by atoms with van der Waals surface area (Å²) in [6.45, 7) is 3.38. The number of rotatable bonds is 9. The highest BCUT2D eigenvalue weighted by Crippen LogP contribution is 2.40. The Hall–Kier alpha value is -1.89. The van der Waals surface area contributed by atoms with Crippen molar-refractivity contribution < 1.29 is 44.2 Å². The zero-order valence-corrected chi connectivity index (χ0v) is 20.7. The van der Waals surface area contributed by atoms with Crippen LogP contribution in [0.2, 0.25) is 0 Å². The molecule has 0 radical (unpaired) electrons. The van der Waals surface area contributed by atoms with Crippen LogP contribution in [0.1, 0.15) is 37.7 Å². The maximum Gasteiger partial charge on any atom is 0.305 e. The molecule has 0 aliphatic carbocycles. The van der Waals surface area contributed by atoms with Crippen LogP contribution in [-0.4, -0.2) is 74.7 Å². The summed E-state index contributed by atoms with van der Waals surface area (Å²) in [5, 5.41) is 41.9. The van der Waals surface area contributed by atoms with E-state index in [2.05, 4.69) is 6.58 Å². The Kier molecular flexibility index (Phi) is 8.90. The number of aliphatic hydroxyl groups excluding tert-OH is 3. The van der Waals surface area contributed by atoms with Gasteiger partial charge < -0.3 is 39.4 Å². The first-order chi connectivity index (χ1) is 16.8. The van der Waals surface area contributed by atoms with E-state index in [1.54, 1.807) is 12.2 Å². The van der Waals surface area contributed by atoms with Gasteiger partial charge in [-0.15, -0.1) is 0 Å². The number of benzene rings is 1. The van der Waals surface area contributed by atoms with Crippen LogP contribution in [-0.2, 0) is 14.3 Å². The fourth-order valence-electron chi connectivity index (χ4n) is 3.97. The third kappa shape index (κ3) is 6.66. The van der Waals surface area contributed by atoms with Gasteiger partial charge >= 0.3 is 5.97 Å². The first-order valence-electron chi connectivity index (χ1n) is 11.5. The summed E-state index contributed by atoms with van der Waals surface area (Å²) in [6, 6.07) is 2.82. The predicted molar refractivity (Wildman–Crippen MR) is 132 cm³/mol. The Morgan fingerprint density at radius 2 is 1.97 bits per heavy atom. The highest BCUT2D eigenvalue weighted by atomic mass is 33.1. The fraction of sp³-hybridized carbons (Fsp3) is 0.542. The maximum absolute atomic E-state index is 12.1. The van der Waals surface area contributed by atoms with Gasteiger partial charge in [0.05, 0.1) is 0 Å². The van der Waals surface area contributed by atoms with Crippen LogP contribution in [0.15, 0.2) is 30.5 Å². The monoisotopic (exact) mass is 526 g/mol. The highest BCUT2D eigenvalue weighted by molar-refractivity contribution is 8.77. The lowest BCUT2D eigenvalue weighted by Crippen LogP contribution is -2.60. The number of phenols is 1. The zero-order valence-electron chi connectivity index (χ0n) is 19.1. The minimum absolute atomic E-state index is 0.0216. The summed E-state index contributed by atoms with van der Waals surface area (Å²) in [7, 11) is 3.80. The summed E-state index contributed by atoms with van der Waals surface area (Å²) >= 11 is 0. The molecule has 0 bridgehead atoms. The molecule has 2 fully saturated rings. The molecular formula is C24H30O9S2. The van der Waals surface area contributed by atoms with E-state index in [-0.39, 0.29) is 24.5 Å². The Bertz CT molecular complexity index is 947. The quantitative estimate of drug-likeness (QED) is 0.215. The van der Waals surface area contributed by atoms with E-state index in [0.717, 1.165) is 12.8 Å². The molecule has 0 amide bonds. The van der Waals surface area contributed by atoms with Gasteiger partial charge in [0.25, 0.3) is 0 Å². The Balaban J connectivity index is 1.30. The van der Waals surface area contributed by atoms with Gasteiger partial charge in [0.2, 0.25) is 6.29 Å². The largest absolute Gasteiger partial charge is 0.504 e. The summed E-state index contributed by atoms with van der Waals surface area (Å²) in [5.41, 5.74) is 0.604. The van der Waals surface area contributed by atoms with E-state index < -0.39 is 36.7 Å². The molecule has 1 aromatic rings. The van der Waals surface area contributed by atoms with Crippen LogP contribution in [0.4, 0.5) is 0 Å². The molecule has 2 saturated heterocycles. The third-order valence-corrected chi connectivity index (χ3v) is 8.99. The molecule has 11 heteroatoms. The lowest BCUT2D eigenvalue weighted by atomic mass is 9.99. The highest BCUT2D eigenvalue weighted by Gasteiger charge is 2.45. The van der Waals surface area contributed by atoms with Gasteiger partial charge in [-0.25, -0.2) is 0 Å². The number of aliphatic hydroxyl groups is 3. The molecule has 5 unspecified atom stereocenters. The molecule has 0 saturated carbocycles. The molecule has 3 heterocycles. The number of allylic oxidation sites excluding steroid dienone is 1. The lowest BCUT2D eigenvalue weighted by Gasteiger charge is -2.40. The number of ether oxygens (including phenoxy) is 4. The van der Waals surface area contributed by atoms with Crippen molar-refractivity contribution in [2.45, 2.75) is 68.1 Å². The molecule has 0 aromatic heterocycles. The molecule has 192 valence electrons. The van der Waals surface area contributed by atoms with Crippen LogP contribution in [0.25, 0.3) is 6.08 Å². The zero-order chi connectivity index (χ0) is 24.9. The number of hydrogen-bond acceptors (Lipinski definition) is 11. The van der Waals surface area contributed by atoms with E-state index in [1.807, 2.05) is 21.6 Å². The molecule has 4 N–H and O–H groups in total. The third-order valence-electron chi connectivity index (χ3n) is 5.99. The van der Waals surface area contributed by atoms with Gasteiger partial charge in [-0.3, -0.25) is 4.79 Å². The number of unbranched alkanes of at least 4 members (excludes halogenated alkanes) is 1. The second-order valence-electron chi connectivity index (χ2n) is 8.65. The van der Waals surface area contributed by atoms with Crippen molar-refractivity contribution in [3.63, 3.8) is 0 Å². The molecular weight excluding hydrogens is 496 g/mol. The first kappa shape index (κ1) is 26.2. The summed E-state index contributed by atoms with van der Waals surface area (Å²) in [6.07, 6.45) is 0.299. The van der Waals surface area contributed by atoms with Gasteiger partial charge in [-0.2, -0.15) is 0 Å². The summed E-state index contributed by atoms with van der Waals surface area (Å²) in [5.74, 6) is 1.26. The van der Waals surface area contributed by atoms with Crippen molar-refractivity contribution in [1.82, 2.24) is 0 Å². The molecule has 1 aromatic carbocycles. The molecule has 9 nitrogen and oxygen atoms in total. The molecule has 6 atom stereocenters. The van der Waals surface area contributed by atoms with Crippen LogP contribution in [0.5, 0.6) is 17.2 Å². The Labute approximate surface area is 211 Å². The van der Waals surface area contributed by atoms with E-state index in [0.29, 0.717) is 28.7 Å². The minimum Gasteiger partial charge on any atom is -0.504 e. The van der Waals surface area contributed by atoms with Crippen molar-refractivity contribution in [1.29, 1.82) is 0 Å². The van der Waals surface area contributed by atoms with E-state index in [4.69, 9.17) is 18.9 Å². The average Bonchev–Trinajstić information content (AvgIpc) is 3.35. The molecule has 4 rings (SSSR count). The van der Waals surface area contributed by atoms with E-state index in [1.165, 1.54) is 24.3 Å². The SMILES string of the molecule is C=C1C=Cc2cc(OC3OC(COC(=O)CCCC[C@@H]4CCSS4)C(O)C(O)C3O)c(O)cc2O1. The topological polar surface area (TPSA) is 135 Å². The van der Waals surface area contributed by atoms with Gasteiger partial charge in [0.1, 0.15) is 42.5 Å². The van der Waals surface area contributed by atoms with E-state index in [9.17, 15) is 25.2 Å². The van der Waals surface area contributed by atoms with Crippen LogP contribution >= 0.6 is 21.6 Å². The predicted octanol–water partition coefficient (Wildman–Crippen LogP) is 2.76. The van der Waals surface area contributed by atoms with Gasteiger partial charge in [0.15, 0.2) is 11.5 Å². The maximum atomic E-state index is 12.1. The van der Waals surface area contributed by atoms with Gasteiger partial charge in [-0.1, -0.05) is 34.6 Å². The molecule has 0 spiro atoms. The lowest BCUT2D eigenvalue weighted by molar-refractivity contribution is -0.278. The number of carbonyl (C=O) groups is 1. The fourth-order valence-corrected chi connectivity index (χ4v) is 6.99. The van der Waals surface area contributed by atoms with Crippen molar-refractivity contribution >= 4 is 33.6 Å². The second-order valence-corrected chi connectivity index (χ2v) is 11.4. The second kappa shape index (κ2) is 11.9. The number of aromatic hydroxyl groups is 1. The Morgan fingerprint density at radius 3 is 2.74 bits per heavy atom. The number of phenolic OH excluding ortho intramolecular Hbond substituents is 1. The molecule has 3 aliphatic rings.